The maximum atomic E-state index is 5.42. The van der Waals surface area contributed by atoms with Crippen molar-refractivity contribution in [3.63, 3.8) is 0 Å². The Bertz CT molecular complexity index is 113. The van der Waals surface area contributed by atoms with Crippen LogP contribution in [-0.2, 0) is 0 Å². The average molecular weight is 132 g/mol. The van der Waals surface area contributed by atoms with Crippen LogP contribution in [0.1, 0.15) is 13.3 Å². The van der Waals surface area contributed by atoms with Crippen LogP contribution in [0.25, 0.3) is 0 Å². The summed E-state index contributed by atoms with van der Waals surface area (Å²) < 4.78 is 0. The summed E-state index contributed by atoms with van der Waals surface area (Å²) in [5.74, 6) is 0.583. The molecule has 0 aromatic rings. The molecule has 0 aliphatic heterocycles. The molecule has 46 valence electrons. The molecule has 0 heterocycles. The highest BCUT2D eigenvalue weighted by molar-refractivity contribution is 6.14. The van der Waals surface area contributed by atoms with Crippen LogP contribution in [0.3, 0.4) is 0 Å². The van der Waals surface area contributed by atoms with Crippen molar-refractivity contribution in [2.45, 2.75) is 18.9 Å². The predicted molar refractivity (Wildman–Crippen MR) is 35.7 cm³/mol. The Morgan fingerprint density at radius 1 is 2.00 bits per heavy atom. The smallest absolute Gasteiger partial charge is 0.0373 e. The molecule has 1 nitrogen and oxygen atoms in total. The first kappa shape index (κ1) is 6.12. The van der Waals surface area contributed by atoms with Crippen LogP contribution in [0, 0.1) is 5.92 Å². The third-order valence-corrected chi connectivity index (χ3v) is 2.23. The van der Waals surface area contributed by atoms with Gasteiger partial charge in [-0.1, -0.05) is 6.08 Å². The van der Waals surface area contributed by atoms with E-state index in [1.165, 1.54) is 0 Å². The minimum absolute atomic E-state index is 0.156. The van der Waals surface area contributed by atoms with E-state index < -0.39 is 0 Å². The van der Waals surface area contributed by atoms with Gasteiger partial charge in [-0.05, 0) is 31.0 Å². The first-order valence-corrected chi connectivity index (χ1v) is 3.11. The number of nitrogens with one attached hydrogen (secondary N) is 1. The topological polar surface area (TPSA) is 12.0 Å². The van der Waals surface area contributed by atoms with Crippen LogP contribution in [-0.4, -0.2) is 5.54 Å². The molecule has 1 saturated carbocycles. The quantitative estimate of drug-likeness (QED) is 0.444. The molecule has 0 amide bonds. The van der Waals surface area contributed by atoms with E-state index in [4.69, 9.17) is 11.8 Å². The lowest BCUT2D eigenvalue weighted by Crippen LogP contribution is -2.19. The maximum Gasteiger partial charge on any atom is 0.0373 e. The van der Waals surface area contributed by atoms with E-state index in [9.17, 15) is 0 Å². The zero-order valence-electron chi connectivity index (χ0n) is 4.95. The zero-order valence-corrected chi connectivity index (χ0v) is 5.70. The van der Waals surface area contributed by atoms with Crippen molar-refractivity contribution in [2.24, 2.45) is 5.92 Å². The molecule has 0 bridgehead atoms. The summed E-state index contributed by atoms with van der Waals surface area (Å²) in [4.78, 5) is 2.72. The third kappa shape index (κ3) is 0.762. The first-order chi connectivity index (χ1) is 3.73. The number of hydrogen-bond acceptors (Lipinski definition) is 1. The highest BCUT2D eigenvalue weighted by Crippen LogP contribution is 2.43. The van der Waals surface area contributed by atoms with E-state index in [0.717, 1.165) is 6.42 Å². The minimum atomic E-state index is 0.156. The van der Waals surface area contributed by atoms with Gasteiger partial charge >= 0.3 is 0 Å². The minimum Gasteiger partial charge on any atom is -0.227 e. The van der Waals surface area contributed by atoms with Crippen molar-refractivity contribution in [2.75, 3.05) is 0 Å². The molecule has 1 rings (SSSR count). The Hall–Kier alpha value is -0.0100. The molecule has 0 aromatic carbocycles. The molecular weight excluding hydrogens is 122 g/mol. The summed E-state index contributed by atoms with van der Waals surface area (Å²) in [6, 6.07) is 0. The van der Waals surface area contributed by atoms with E-state index >= 15 is 0 Å². The van der Waals surface area contributed by atoms with Gasteiger partial charge in [0.25, 0.3) is 0 Å². The molecule has 0 aromatic heterocycles. The molecule has 0 spiro atoms. The van der Waals surface area contributed by atoms with Crippen LogP contribution < -0.4 is 4.84 Å². The predicted octanol–water partition coefficient (Wildman–Crippen LogP) is 1.69. The molecule has 2 atom stereocenters. The fourth-order valence-corrected chi connectivity index (χ4v) is 1.07. The van der Waals surface area contributed by atoms with Gasteiger partial charge in [0.2, 0.25) is 0 Å². The lowest BCUT2D eigenvalue weighted by Gasteiger charge is -2.02. The van der Waals surface area contributed by atoms with Gasteiger partial charge in [0, 0.05) is 5.54 Å². The maximum absolute atomic E-state index is 5.42. The molecule has 8 heavy (non-hydrogen) atoms. The van der Waals surface area contributed by atoms with Gasteiger partial charge in [-0.3, -0.25) is 0 Å². The Labute approximate surface area is 54.8 Å². The second-order valence-corrected chi connectivity index (χ2v) is 2.75. The van der Waals surface area contributed by atoms with Gasteiger partial charge in [0.1, 0.15) is 0 Å². The Morgan fingerprint density at radius 2 is 2.62 bits per heavy atom. The highest BCUT2D eigenvalue weighted by atomic mass is 35.5. The van der Waals surface area contributed by atoms with Crippen molar-refractivity contribution in [1.82, 2.24) is 4.84 Å². The standard InChI is InChI=1S/C6H10ClN/c1-3-5-4-6(5,2)8-7/h3,5,8H,1,4H2,2H3. The van der Waals surface area contributed by atoms with E-state index in [-0.39, 0.29) is 5.54 Å². The van der Waals surface area contributed by atoms with E-state index in [0.29, 0.717) is 5.92 Å². The summed E-state index contributed by atoms with van der Waals surface area (Å²) in [6.07, 6.45) is 3.06. The molecule has 0 saturated heterocycles. The number of halogens is 1. The Kier molecular flexibility index (Phi) is 1.33. The average Bonchev–Trinajstić information content (AvgIpc) is 2.44. The third-order valence-electron chi connectivity index (χ3n) is 1.80. The van der Waals surface area contributed by atoms with Crippen molar-refractivity contribution in [3.8, 4) is 0 Å². The molecular formula is C6H10ClN. The van der Waals surface area contributed by atoms with Gasteiger partial charge in [-0.25, -0.2) is 4.84 Å². The summed E-state index contributed by atoms with van der Waals surface area (Å²) in [5, 5.41) is 0. The van der Waals surface area contributed by atoms with Gasteiger partial charge < -0.3 is 0 Å². The summed E-state index contributed by atoms with van der Waals surface area (Å²) in [5.41, 5.74) is 0.156. The monoisotopic (exact) mass is 131 g/mol. The van der Waals surface area contributed by atoms with Gasteiger partial charge in [0.05, 0.1) is 0 Å². The summed E-state index contributed by atoms with van der Waals surface area (Å²) in [7, 11) is 0. The van der Waals surface area contributed by atoms with E-state index in [2.05, 4.69) is 18.3 Å². The molecule has 2 heteroatoms. The van der Waals surface area contributed by atoms with Crippen molar-refractivity contribution in [1.29, 1.82) is 0 Å². The van der Waals surface area contributed by atoms with Crippen molar-refractivity contribution >= 4 is 11.8 Å². The van der Waals surface area contributed by atoms with E-state index in [1.807, 2.05) is 6.08 Å². The van der Waals surface area contributed by atoms with Crippen LogP contribution in [0.15, 0.2) is 12.7 Å². The molecule has 1 N–H and O–H groups in total. The second kappa shape index (κ2) is 1.74. The number of rotatable bonds is 2. The lowest BCUT2D eigenvalue weighted by molar-refractivity contribution is 0.654. The Morgan fingerprint density at radius 3 is 2.75 bits per heavy atom. The van der Waals surface area contributed by atoms with Crippen LogP contribution in [0.2, 0.25) is 0 Å². The fourth-order valence-electron chi connectivity index (χ4n) is 0.850. The van der Waals surface area contributed by atoms with Gasteiger partial charge in [-0.2, -0.15) is 0 Å². The molecule has 1 fully saturated rings. The second-order valence-electron chi connectivity index (χ2n) is 2.56. The van der Waals surface area contributed by atoms with E-state index in [1.54, 1.807) is 0 Å². The SMILES string of the molecule is C=CC1CC1(C)NCl. The van der Waals surface area contributed by atoms with Gasteiger partial charge in [-0.15, -0.1) is 6.58 Å². The largest absolute Gasteiger partial charge is 0.227 e. The molecule has 0 radical (unpaired) electrons. The van der Waals surface area contributed by atoms with Crippen LogP contribution in [0.4, 0.5) is 0 Å². The molecule has 1 aliphatic carbocycles. The van der Waals surface area contributed by atoms with Crippen molar-refractivity contribution < 1.29 is 0 Å². The van der Waals surface area contributed by atoms with Crippen LogP contribution >= 0.6 is 11.8 Å². The normalized spacial score (nSPS) is 44.0. The lowest BCUT2D eigenvalue weighted by atomic mass is 10.2. The fraction of sp³-hybridized carbons (Fsp3) is 0.667. The Balaban J connectivity index is 2.42. The van der Waals surface area contributed by atoms with Crippen LogP contribution in [0.5, 0.6) is 0 Å². The summed E-state index contributed by atoms with van der Waals surface area (Å²) >= 11 is 5.42. The molecule has 2 unspecified atom stereocenters. The zero-order chi connectivity index (χ0) is 6.20. The van der Waals surface area contributed by atoms with Gasteiger partial charge in [0.15, 0.2) is 0 Å². The molecule has 1 aliphatic rings. The first-order valence-electron chi connectivity index (χ1n) is 2.73. The highest BCUT2D eigenvalue weighted by Gasteiger charge is 2.47. The van der Waals surface area contributed by atoms with Crippen molar-refractivity contribution in [3.05, 3.63) is 12.7 Å². The summed E-state index contributed by atoms with van der Waals surface area (Å²) in [6.45, 7) is 5.76. The number of hydrogen-bond donors (Lipinski definition) is 1.